The van der Waals surface area contributed by atoms with Crippen LogP contribution >= 0.6 is 27.3 Å². The number of amides is 2. The molecule has 0 radical (unpaired) electrons. The van der Waals surface area contributed by atoms with Crippen molar-refractivity contribution in [3.05, 3.63) is 50.6 Å². The van der Waals surface area contributed by atoms with Crippen molar-refractivity contribution in [2.75, 3.05) is 5.32 Å². The van der Waals surface area contributed by atoms with Crippen molar-refractivity contribution in [1.29, 1.82) is 0 Å². The molecule has 2 amide bonds. The van der Waals surface area contributed by atoms with Crippen LogP contribution in [0.1, 0.15) is 22.2 Å². The predicted molar refractivity (Wildman–Crippen MR) is 89.0 cm³/mol. The van der Waals surface area contributed by atoms with Gasteiger partial charge in [0.15, 0.2) is 0 Å². The van der Waals surface area contributed by atoms with Crippen LogP contribution in [0.3, 0.4) is 0 Å². The van der Waals surface area contributed by atoms with E-state index in [2.05, 4.69) is 26.6 Å². The molecule has 2 N–H and O–H groups in total. The number of carbonyl (C=O) groups is 2. The number of hydrogen-bond donors (Lipinski definition) is 2. The molecule has 0 fully saturated rings. The van der Waals surface area contributed by atoms with Gasteiger partial charge in [-0.15, -0.1) is 11.3 Å². The maximum absolute atomic E-state index is 12.7. The van der Waals surface area contributed by atoms with E-state index < -0.39 is 29.6 Å². The quantitative estimate of drug-likeness (QED) is 0.774. The lowest BCUT2D eigenvalue weighted by atomic mass is 10.2. The lowest BCUT2D eigenvalue weighted by Gasteiger charge is -2.14. The van der Waals surface area contributed by atoms with E-state index in [4.69, 9.17) is 0 Å². The first-order chi connectivity index (χ1) is 11.2. The van der Waals surface area contributed by atoms with Gasteiger partial charge in [0.1, 0.15) is 6.04 Å². The Kier molecular flexibility index (Phi) is 5.66. The molecule has 128 valence electrons. The number of nitrogens with one attached hydrogen (secondary N) is 2. The second-order valence-corrected chi connectivity index (χ2v) is 7.33. The summed E-state index contributed by atoms with van der Waals surface area (Å²) in [6, 6.07) is 6.68. The summed E-state index contributed by atoms with van der Waals surface area (Å²) in [6.07, 6.45) is -4.49. The summed E-state index contributed by atoms with van der Waals surface area (Å²) in [4.78, 5) is 24.4. The molecule has 0 aliphatic rings. The van der Waals surface area contributed by atoms with E-state index in [9.17, 15) is 22.8 Å². The molecule has 24 heavy (non-hydrogen) atoms. The third-order valence-electron chi connectivity index (χ3n) is 3.00. The van der Waals surface area contributed by atoms with Gasteiger partial charge in [-0.2, -0.15) is 13.2 Å². The summed E-state index contributed by atoms with van der Waals surface area (Å²) in [5.41, 5.74) is -0.852. The van der Waals surface area contributed by atoms with Crippen molar-refractivity contribution in [3.63, 3.8) is 0 Å². The van der Waals surface area contributed by atoms with Gasteiger partial charge in [0.25, 0.3) is 5.91 Å². The number of benzene rings is 1. The molecule has 1 aromatic carbocycles. The summed E-state index contributed by atoms with van der Waals surface area (Å²) < 4.78 is 38.7. The highest BCUT2D eigenvalue weighted by Gasteiger charge is 2.30. The van der Waals surface area contributed by atoms with Gasteiger partial charge in [0.05, 0.1) is 14.2 Å². The van der Waals surface area contributed by atoms with Crippen molar-refractivity contribution < 1.29 is 22.8 Å². The van der Waals surface area contributed by atoms with Gasteiger partial charge in [-0.05, 0) is 53.2 Å². The third-order valence-corrected chi connectivity index (χ3v) is 4.62. The molecule has 9 heteroatoms. The lowest BCUT2D eigenvalue weighted by Crippen LogP contribution is -2.41. The highest BCUT2D eigenvalue weighted by atomic mass is 79.9. The maximum atomic E-state index is 12.7. The zero-order valence-electron chi connectivity index (χ0n) is 12.3. The first-order valence-corrected chi connectivity index (χ1v) is 8.32. The van der Waals surface area contributed by atoms with Gasteiger partial charge in [-0.3, -0.25) is 9.59 Å². The summed E-state index contributed by atoms with van der Waals surface area (Å²) in [7, 11) is 0. The van der Waals surface area contributed by atoms with E-state index in [-0.39, 0.29) is 5.69 Å². The molecule has 0 saturated carbocycles. The Morgan fingerprint density at radius 2 is 1.92 bits per heavy atom. The second-order valence-electron chi connectivity index (χ2n) is 4.87. The van der Waals surface area contributed by atoms with Crippen molar-refractivity contribution in [3.8, 4) is 0 Å². The van der Waals surface area contributed by atoms with E-state index >= 15 is 0 Å². The Bertz CT molecular complexity index is 761. The average Bonchev–Trinajstić information content (AvgIpc) is 2.93. The molecule has 1 aromatic heterocycles. The second kappa shape index (κ2) is 7.35. The minimum absolute atomic E-state index is 0.00907. The fourth-order valence-corrected chi connectivity index (χ4v) is 3.08. The van der Waals surface area contributed by atoms with E-state index in [1.165, 1.54) is 30.4 Å². The molecular weight excluding hydrogens is 409 g/mol. The Labute approximate surface area is 148 Å². The van der Waals surface area contributed by atoms with Crippen LogP contribution in [-0.2, 0) is 11.0 Å². The van der Waals surface area contributed by atoms with Crippen molar-refractivity contribution in [2.24, 2.45) is 0 Å². The Balaban J connectivity index is 2.00. The van der Waals surface area contributed by atoms with Gasteiger partial charge in [0.2, 0.25) is 5.91 Å². The van der Waals surface area contributed by atoms with E-state index in [1.807, 2.05) is 0 Å². The molecule has 1 atom stereocenters. The molecule has 0 saturated heterocycles. The Morgan fingerprint density at radius 3 is 2.50 bits per heavy atom. The van der Waals surface area contributed by atoms with Crippen molar-refractivity contribution in [2.45, 2.75) is 19.1 Å². The lowest BCUT2D eigenvalue weighted by molar-refractivity contribution is -0.137. The van der Waals surface area contributed by atoms with Gasteiger partial charge in [0, 0.05) is 5.69 Å². The first kappa shape index (κ1) is 18.5. The van der Waals surface area contributed by atoms with Crippen LogP contribution in [0.25, 0.3) is 0 Å². The highest BCUT2D eigenvalue weighted by molar-refractivity contribution is 9.11. The van der Waals surface area contributed by atoms with E-state index in [1.54, 1.807) is 12.1 Å². The molecule has 0 bridgehead atoms. The third kappa shape index (κ3) is 4.81. The minimum Gasteiger partial charge on any atom is -0.340 e. The fraction of sp³-hybridized carbons (Fsp3) is 0.200. The molecule has 0 spiro atoms. The number of halogens is 4. The van der Waals surface area contributed by atoms with Gasteiger partial charge >= 0.3 is 6.18 Å². The summed E-state index contributed by atoms with van der Waals surface area (Å²) in [5.74, 6) is -1.05. The first-order valence-electron chi connectivity index (χ1n) is 6.71. The maximum Gasteiger partial charge on any atom is 0.416 e. The SMILES string of the molecule is CC(NC(=O)c1ccc(Br)s1)C(=O)Nc1cccc(C(F)(F)F)c1. The van der Waals surface area contributed by atoms with E-state index in [0.29, 0.717) is 4.88 Å². The van der Waals surface area contributed by atoms with Crippen molar-refractivity contribution >= 4 is 44.8 Å². The molecule has 2 rings (SSSR count). The fourth-order valence-electron chi connectivity index (χ4n) is 1.79. The number of alkyl halides is 3. The summed E-state index contributed by atoms with van der Waals surface area (Å²) >= 11 is 4.44. The van der Waals surface area contributed by atoms with E-state index in [0.717, 1.165) is 15.9 Å². The van der Waals surface area contributed by atoms with Gasteiger partial charge in [-0.25, -0.2) is 0 Å². The summed E-state index contributed by atoms with van der Waals surface area (Å²) in [5, 5.41) is 4.85. The highest BCUT2D eigenvalue weighted by Crippen LogP contribution is 2.30. The molecular formula is C15H12BrF3N2O2S. The standard InChI is InChI=1S/C15H12BrF3N2O2S/c1-8(20-14(23)11-5-6-12(16)24-11)13(22)21-10-4-2-3-9(7-10)15(17,18)19/h2-8H,1H3,(H,20,23)(H,21,22). The van der Waals surface area contributed by atoms with Crippen LogP contribution < -0.4 is 10.6 Å². The topological polar surface area (TPSA) is 58.2 Å². The minimum atomic E-state index is -4.49. The van der Waals surface area contributed by atoms with Gasteiger partial charge in [-0.1, -0.05) is 6.07 Å². The number of thiophene rings is 1. The van der Waals surface area contributed by atoms with Crippen molar-refractivity contribution in [1.82, 2.24) is 5.32 Å². The normalized spacial score (nSPS) is 12.5. The van der Waals surface area contributed by atoms with Gasteiger partial charge < -0.3 is 10.6 Å². The zero-order valence-corrected chi connectivity index (χ0v) is 14.7. The Morgan fingerprint density at radius 1 is 1.21 bits per heavy atom. The van der Waals surface area contributed by atoms with Crippen LogP contribution in [-0.4, -0.2) is 17.9 Å². The van der Waals surface area contributed by atoms with Crippen LogP contribution in [0.5, 0.6) is 0 Å². The number of rotatable bonds is 4. The number of anilines is 1. The Hall–Kier alpha value is -1.87. The average molecular weight is 421 g/mol. The summed E-state index contributed by atoms with van der Waals surface area (Å²) in [6.45, 7) is 1.45. The molecule has 1 unspecified atom stereocenters. The van der Waals surface area contributed by atoms with Crippen LogP contribution in [0.15, 0.2) is 40.2 Å². The number of carbonyl (C=O) groups excluding carboxylic acids is 2. The molecule has 1 heterocycles. The van der Waals surface area contributed by atoms with Crippen LogP contribution in [0.4, 0.5) is 18.9 Å². The zero-order chi connectivity index (χ0) is 17.9. The largest absolute Gasteiger partial charge is 0.416 e. The van der Waals surface area contributed by atoms with Crippen LogP contribution in [0.2, 0.25) is 0 Å². The monoisotopic (exact) mass is 420 g/mol. The molecule has 4 nitrogen and oxygen atoms in total. The number of hydrogen-bond acceptors (Lipinski definition) is 3. The molecule has 2 aromatic rings. The molecule has 0 aliphatic carbocycles. The van der Waals surface area contributed by atoms with Crippen LogP contribution in [0, 0.1) is 0 Å². The predicted octanol–water partition coefficient (Wildman–Crippen LogP) is 4.29. The smallest absolute Gasteiger partial charge is 0.340 e. The molecule has 0 aliphatic heterocycles.